The molecule has 4 saturated heterocycles. The number of hydrogen-bond acceptors (Lipinski definition) is 10. The summed E-state index contributed by atoms with van der Waals surface area (Å²) in [5, 5.41) is 4.25. The molecule has 0 saturated carbocycles. The average Bonchev–Trinajstić information content (AvgIpc) is 4.10. The van der Waals surface area contributed by atoms with Crippen LogP contribution in [0.2, 0.25) is 0 Å². The molecule has 2 N–H and O–H groups in total. The normalized spacial score (nSPS) is 17.9. The van der Waals surface area contributed by atoms with Crippen molar-refractivity contribution in [3.05, 3.63) is 72.8 Å². The standard InChI is InChI=1S/C52H54N12/c1-11-25-61(26-12-1)41-39-40(42(62-27-13-2-14-28-62)44(64-31-17-4-18-32-64)43(41)63-29-15-3-16-30-63)52-59-50-38-24-10-8-22-36(38)48(57-50)55-46-34-20-6-5-19-33(34)45(53-46)54-47-35-21-7-9-23-37(35)49(56-47)58-51(39)60-52/h5-10,19-24H,1-4,11-18,25-32H2,(H2,53,54,55,56,57,58,59,60). The molecule has 6 aliphatic heterocycles. The summed E-state index contributed by atoms with van der Waals surface area (Å²) >= 11 is 0. The van der Waals surface area contributed by atoms with E-state index in [2.05, 4.69) is 90.2 Å². The van der Waals surface area contributed by atoms with Gasteiger partial charge in [0.25, 0.3) is 0 Å². The first-order valence-electron chi connectivity index (χ1n) is 24.1. The van der Waals surface area contributed by atoms with E-state index in [0.29, 0.717) is 34.6 Å². The third kappa shape index (κ3) is 6.23. The number of nitrogens with one attached hydrogen (secondary N) is 2. The maximum absolute atomic E-state index is 5.71. The molecule has 322 valence electrons. The lowest BCUT2D eigenvalue weighted by Crippen LogP contribution is -2.39. The molecule has 0 atom stereocenters. The van der Waals surface area contributed by atoms with Crippen LogP contribution in [0.5, 0.6) is 0 Å². The van der Waals surface area contributed by atoms with Gasteiger partial charge in [-0.15, -0.1) is 0 Å². The van der Waals surface area contributed by atoms with Gasteiger partial charge in [-0.05, 0) is 77.0 Å². The van der Waals surface area contributed by atoms with E-state index >= 15 is 0 Å². The van der Waals surface area contributed by atoms with Crippen molar-refractivity contribution >= 4 is 66.9 Å². The second-order valence-corrected chi connectivity index (χ2v) is 18.6. The van der Waals surface area contributed by atoms with Crippen LogP contribution < -0.4 is 19.6 Å². The molecule has 0 radical (unpaired) electrons. The predicted molar refractivity (Wildman–Crippen MR) is 260 cm³/mol. The maximum atomic E-state index is 5.71. The van der Waals surface area contributed by atoms with Crippen LogP contribution in [0.4, 0.5) is 22.7 Å². The number of nitrogens with zero attached hydrogens (tertiary/aromatic N) is 10. The van der Waals surface area contributed by atoms with Gasteiger partial charge in [0.15, 0.2) is 23.3 Å². The third-order valence-electron chi connectivity index (χ3n) is 14.6. The quantitative estimate of drug-likeness (QED) is 0.177. The molecular weight excluding hydrogens is 793 g/mol. The number of piperidine rings is 4. The van der Waals surface area contributed by atoms with Gasteiger partial charge in [0.2, 0.25) is 0 Å². The first-order chi connectivity index (χ1) is 31.7. The van der Waals surface area contributed by atoms with E-state index in [4.69, 9.17) is 29.9 Å². The molecule has 3 aromatic heterocycles. The molecule has 4 aromatic carbocycles. The Bertz CT molecular complexity index is 2920. The van der Waals surface area contributed by atoms with Crippen LogP contribution in [-0.2, 0) is 0 Å². The molecule has 7 aromatic rings. The van der Waals surface area contributed by atoms with Crippen molar-refractivity contribution in [1.82, 2.24) is 39.9 Å². The topological polar surface area (TPSA) is 122 Å². The Morgan fingerprint density at radius 3 is 0.922 bits per heavy atom. The highest BCUT2D eigenvalue weighted by Gasteiger charge is 2.36. The largest absolute Gasteiger partial charge is 0.369 e. The Morgan fingerprint density at radius 1 is 0.297 bits per heavy atom. The maximum Gasteiger partial charge on any atom is 0.164 e. The fraction of sp³-hybridized carbons (Fsp3) is 0.385. The van der Waals surface area contributed by atoms with Crippen LogP contribution >= 0.6 is 0 Å². The van der Waals surface area contributed by atoms with E-state index in [1.54, 1.807) is 0 Å². The minimum Gasteiger partial charge on any atom is -0.369 e. The summed E-state index contributed by atoms with van der Waals surface area (Å²) < 4.78 is 0. The second kappa shape index (κ2) is 15.6. The highest BCUT2D eigenvalue weighted by molar-refractivity contribution is 6.25. The molecule has 8 bridgehead atoms. The van der Waals surface area contributed by atoms with E-state index in [1.165, 1.54) is 99.8 Å². The lowest BCUT2D eigenvalue weighted by atomic mass is 9.96. The van der Waals surface area contributed by atoms with E-state index in [9.17, 15) is 0 Å². The van der Waals surface area contributed by atoms with Crippen molar-refractivity contribution in [3.8, 4) is 45.6 Å². The van der Waals surface area contributed by atoms with Crippen molar-refractivity contribution < 1.29 is 0 Å². The second-order valence-electron chi connectivity index (χ2n) is 18.6. The Morgan fingerprint density at radius 2 is 0.578 bits per heavy atom. The molecule has 13 rings (SSSR count). The van der Waals surface area contributed by atoms with Crippen molar-refractivity contribution in [2.24, 2.45) is 0 Å². The number of aromatic nitrogens is 8. The Kier molecular flexibility index (Phi) is 9.25. The summed E-state index contributed by atoms with van der Waals surface area (Å²) in [4.78, 5) is 51.2. The monoisotopic (exact) mass is 846 g/mol. The van der Waals surface area contributed by atoms with Gasteiger partial charge in [-0.25, -0.2) is 29.9 Å². The first kappa shape index (κ1) is 37.9. The van der Waals surface area contributed by atoms with E-state index in [-0.39, 0.29) is 0 Å². The number of aromatic amines is 2. The van der Waals surface area contributed by atoms with Gasteiger partial charge in [0.05, 0.1) is 33.5 Å². The van der Waals surface area contributed by atoms with E-state index in [0.717, 1.165) is 107 Å². The Balaban J connectivity index is 1.25. The summed E-state index contributed by atoms with van der Waals surface area (Å²) in [7, 11) is 0. The van der Waals surface area contributed by atoms with Crippen molar-refractivity contribution in [3.63, 3.8) is 0 Å². The number of fused-ring (bicyclic) bond motifs is 20. The molecule has 0 amide bonds. The van der Waals surface area contributed by atoms with Gasteiger partial charge in [-0.3, -0.25) is 0 Å². The highest BCUT2D eigenvalue weighted by Crippen LogP contribution is 2.55. The van der Waals surface area contributed by atoms with Crippen molar-refractivity contribution in [2.45, 2.75) is 77.0 Å². The summed E-state index contributed by atoms with van der Waals surface area (Å²) in [6, 6.07) is 25.1. The summed E-state index contributed by atoms with van der Waals surface area (Å²) in [6.07, 6.45) is 14.6. The summed E-state index contributed by atoms with van der Waals surface area (Å²) in [5.74, 6) is 2.57. The number of H-pyrrole nitrogens is 2. The molecule has 12 heteroatoms. The zero-order chi connectivity index (χ0) is 42.1. The van der Waals surface area contributed by atoms with Crippen molar-refractivity contribution in [2.75, 3.05) is 72.0 Å². The molecular formula is C52H54N12. The van der Waals surface area contributed by atoms with Gasteiger partial charge >= 0.3 is 0 Å². The van der Waals surface area contributed by atoms with Crippen LogP contribution in [0.3, 0.4) is 0 Å². The molecule has 4 fully saturated rings. The van der Waals surface area contributed by atoms with Gasteiger partial charge in [0.1, 0.15) is 22.6 Å². The number of anilines is 4. The van der Waals surface area contributed by atoms with Crippen LogP contribution in [-0.4, -0.2) is 92.2 Å². The van der Waals surface area contributed by atoms with Crippen LogP contribution in [0.1, 0.15) is 77.0 Å². The summed E-state index contributed by atoms with van der Waals surface area (Å²) in [5.41, 5.74) is 12.3. The average molecular weight is 847 g/mol. The zero-order valence-corrected chi connectivity index (χ0v) is 36.5. The lowest BCUT2D eigenvalue weighted by molar-refractivity contribution is 0.555. The highest BCUT2D eigenvalue weighted by atomic mass is 15.3. The van der Waals surface area contributed by atoms with Crippen LogP contribution in [0.25, 0.3) is 89.7 Å². The first-order valence-corrected chi connectivity index (χ1v) is 24.1. The fourth-order valence-electron chi connectivity index (χ4n) is 11.5. The molecule has 0 unspecified atom stereocenters. The van der Waals surface area contributed by atoms with Crippen molar-refractivity contribution in [1.29, 1.82) is 0 Å². The Hall–Kier alpha value is -6.56. The molecule has 0 spiro atoms. The zero-order valence-electron chi connectivity index (χ0n) is 36.5. The van der Waals surface area contributed by atoms with E-state index in [1.807, 2.05) is 12.1 Å². The van der Waals surface area contributed by atoms with Gasteiger partial charge in [-0.2, -0.15) is 0 Å². The third-order valence-corrected chi connectivity index (χ3v) is 14.6. The number of hydrogen-bond donors (Lipinski definition) is 2. The lowest BCUT2D eigenvalue weighted by Gasteiger charge is -2.44. The fourth-order valence-corrected chi connectivity index (χ4v) is 11.5. The van der Waals surface area contributed by atoms with Crippen LogP contribution in [0.15, 0.2) is 72.8 Å². The minimum atomic E-state index is 0.631. The molecule has 64 heavy (non-hydrogen) atoms. The SMILES string of the molecule is c1ccc2c(c1)-c1nc-2nc2[nH]c(nc3nc(nc4[nH]c(n1)c1ccccc41)-c1ccccc1-3)c1c(N3CCCCC3)c(N3CCCCC3)c(N3CCCCC3)c(N3CCCCC3)c21. The van der Waals surface area contributed by atoms with Crippen LogP contribution in [0, 0.1) is 0 Å². The smallest absolute Gasteiger partial charge is 0.164 e. The van der Waals surface area contributed by atoms with Gasteiger partial charge < -0.3 is 29.6 Å². The predicted octanol–water partition coefficient (Wildman–Crippen LogP) is 10.8. The number of benzene rings is 4. The summed E-state index contributed by atoms with van der Waals surface area (Å²) in [6.45, 7) is 8.31. The van der Waals surface area contributed by atoms with Gasteiger partial charge in [0, 0.05) is 85.4 Å². The number of rotatable bonds is 4. The van der Waals surface area contributed by atoms with E-state index < -0.39 is 0 Å². The van der Waals surface area contributed by atoms with Gasteiger partial charge in [-0.1, -0.05) is 72.8 Å². The molecule has 6 aliphatic rings. The molecule has 12 nitrogen and oxygen atoms in total. The minimum absolute atomic E-state index is 0.631. The Labute approximate surface area is 372 Å². The molecule has 9 heterocycles. The molecule has 0 aliphatic carbocycles.